The molecular weight excluding hydrogens is 262 g/mol. The molecule has 0 N–H and O–H groups in total. The number of hydrogen-bond acceptors (Lipinski definition) is 3. The predicted octanol–water partition coefficient (Wildman–Crippen LogP) is 3.16. The molecule has 5 heteroatoms. The summed E-state index contributed by atoms with van der Waals surface area (Å²) in [5, 5.41) is -0.112. The van der Waals surface area contributed by atoms with Crippen LogP contribution in [-0.2, 0) is 11.3 Å². The monoisotopic (exact) mass is 279 g/mol. The Labute approximate surface area is 117 Å². The van der Waals surface area contributed by atoms with Crippen molar-refractivity contribution in [2.75, 3.05) is 13.2 Å². The Bertz CT molecular complexity index is 561. The van der Waals surface area contributed by atoms with Crippen molar-refractivity contribution in [3.05, 3.63) is 24.2 Å². The lowest BCUT2D eigenvalue weighted by atomic mass is 10.0. The van der Waals surface area contributed by atoms with E-state index < -0.39 is 0 Å². The zero-order valence-electron chi connectivity index (χ0n) is 11.1. The fourth-order valence-electron chi connectivity index (χ4n) is 2.67. The molecule has 0 spiro atoms. The van der Waals surface area contributed by atoms with Crippen molar-refractivity contribution in [2.45, 2.75) is 31.7 Å². The third kappa shape index (κ3) is 2.60. The zero-order chi connectivity index (χ0) is 13.2. The van der Waals surface area contributed by atoms with Crippen molar-refractivity contribution in [1.82, 2.24) is 14.5 Å². The number of aromatic nitrogens is 3. The number of alkyl halides is 1. The zero-order valence-corrected chi connectivity index (χ0v) is 11.8. The Balaban J connectivity index is 1.97. The molecule has 4 nitrogen and oxygen atoms in total. The van der Waals surface area contributed by atoms with Gasteiger partial charge in [-0.3, -0.25) is 0 Å². The van der Waals surface area contributed by atoms with Crippen molar-refractivity contribution in [1.29, 1.82) is 0 Å². The highest BCUT2D eigenvalue weighted by Gasteiger charge is 2.20. The van der Waals surface area contributed by atoms with Crippen LogP contribution in [-0.4, -0.2) is 27.7 Å². The van der Waals surface area contributed by atoms with E-state index in [9.17, 15) is 0 Å². The van der Waals surface area contributed by atoms with Gasteiger partial charge in [-0.05, 0) is 31.9 Å². The first kappa shape index (κ1) is 12.9. The van der Waals surface area contributed by atoms with Gasteiger partial charge < -0.3 is 9.30 Å². The standard InChI is InChI=1S/C14H18ClN3O/c1-10(15)13-17-12-5-2-6-16-14(12)18(13)8-11-4-3-7-19-9-11/h2,5-6,10-11H,3-4,7-9H2,1H3. The molecule has 102 valence electrons. The molecule has 0 bridgehead atoms. The number of pyridine rings is 1. The summed E-state index contributed by atoms with van der Waals surface area (Å²) < 4.78 is 7.72. The van der Waals surface area contributed by atoms with E-state index in [1.807, 2.05) is 19.1 Å². The van der Waals surface area contributed by atoms with Crippen LogP contribution in [0.15, 0.2) is 18.3 Å². The maximum Gasteiger partial charge on any atom is 0.160 e. The summed E-state index contributed by atoms with van der Waals surface area (Å²) in [7, 11) is 0. The van der Waals surface area contributed by atoms with E-state index in [4.69, 9.17) is 16.3 Å². The molecule has 3 heterocycles. The van der Waals surface area contributed by atoms with Crippen molar-refractivity contribution >= 4 is 22.8 Å². The SMILES string of the molecule is CC(Cl)c1nc2cccnc2n1CC1CCCOC1. The first-order valence-corrected chi connectivity index (χ1v) is 7.22. The molecule has 1 aliphatic rings. The van der Waals surface area contributed by atoms with E-state index in [0.29, 0.717) is 5.92 Å². The normalized spacial score (nSPS) is 21.7. The molecular formula is C14H18ClN3O. The number of nitrogens with zero attached hydrogens (tertiary/aromatic N) is 3. The van der Waals surface area contributed by atoms with E-state index in [1.54, 1.807) is 6.20 Å². The van der Waals surface area contributed by atoms with Gasteiger partial charge in [0.2, 0.25) is 0 Å². The Kier molecular flexibility index (Phi) is 3.71. The molecule has 19 heavy (non-hydrogen) atoms. The average molecular weight is 280 g/mol. The third-order valence-corrected chi connectivity index (χ3v) is 3.78. The second-order valence-corrected chi connectivity index (χ2v) is 5.78. The molecule has 0 saturated carbocycles. The van der Waals surface area contributed by atoms with Gasteiger partial charge in [0.1, 0.15) is 11.3 Å². The Morgan fingerprint density at radius 3 is 3.21 bits per heavy atom. The quantitative estimate of drug-likeness (QED) is 0.810. The van der Waals surface area contributed by atoms with Gasteiger partial charge in [0.25, 0.3) is 0 Å². The van der Waals surface area contributed by atoms with Gasteiger partial charge in [-0.2, -0.15) is 0 Å². The minimum atomic E-state index is -0.112. The second-order valence-electron chi connectivity index (χ2n) is 5.13. The fourth-order valence-corrected chi connectivity index (χ4v) is 2.84. The molecule has 2 aromatic rings. The average Bonchev–Trinajstić information content (AvgIpc) is 2.79. The molecule has 0 amide bonds. The second kappa shape index (κ2) is 5.47. The van der Waals surface area contributed by atoms with E-state index in [-0.39, 0.29) is 5.38 Å². The van der Waals surface area contributed by atoms with Crippen LogP contribution >= 0.6 is 11.6 Å². The number of rotatable bonds is 3. The highest BCUT2D eigenvalue weighted by molar-refractivity contribution is 6.20. The Morgan fingerprint density at radius 2 is 2.47 bits per heavy atom. The molecule has 2 atom stereocenters. The molecule has 2 unspecified atom stereocenters. The topological polar surface area (TPSA) is 39.9 Å². The lowest BCUT2D eigenvalue weighted by Gasteiger charge is -2.23. The minimum absolute atomic E-state index is 0.112. The van der Waals surface area contributed by atoms with Crippen LogP contribution in [0.4, 0.5) is 0 Å². The number of imidazole rings is 1. The number of ether oxygens (including phenoxy) is 1. The largest absolute Gasteiger partial charge is 0.381 e. The first-order chi connectivity index (χ1) is 9.25. The summed E-state index contributed by atoms with van der Waals surface area (Å²) in [5.74, 6) is 1.43. The Morgan fingerprint density at radius 1 is 1.58 bits per heavy atom. The summed E-state index contributed by atoms with van der Waals surface area (Å²) >= 11 is 6.26. The third-order valence-electron chi connectivity index (χ3n) is 3.58. The lowest BCUT2D eigenvalue weighted by Crippen LogP contribution is -2.23. The summed E-state index contributed by atoms with van der Waals surface area (Å²) in [6.45, 7) is 4.55. The van der Waals surface area contributed by atoms with Crippen molar-refractivity contribution in [2.24, 2.45) is 5.92 Å². The summed E-state index contributed by atoms with van der Waals surface area (Å²) in [4.78, 5) is 9.06. The van der Waals surface area contributed by atoms with Crippen molar-refractivity contribution < 1.29 is 4.74 Å². The number of fused-ring (bicyclic) bond motifs is 1. The fraction of sp³-hybridized carbons (Fsp3) is 0.571. The highest BCUT2D eigenvalue weighted by Crippen LogP contribution is 2.26. The molecule has 0 aliphatic carbocycles. The van der Waals surface area contributed by atoms with E-state index >= 15 is 0 Å². The van der Waals surface area contributed by atoms with Crippen molar-refractivity contribution in [3.63, 3.8) is 0 Å². The van der Waals surface area contributed by atoms with Gasteiger partial charge in [-0.1, -0.05) is 0 Å². The number of halogens is 1. The smallest absolute Gasteiger partial charge is 0.160 e. The van der Waals surface area contributed by atoms with Crippen LogP contribution in [0, 0.1) is 5.92 Å². The van der Waals surface area contributed by atoms with Crippen LogP contribution in [0.1, 0.15) is 31.0 Å². The summed E-state index contributed by atoms with van der Waals surface area (Å²) in [6, 6.07) is 3.89. The van der Waals surface area contributed by atoms with Gasteiger partial charge in [0.05, 0.1) is 12.0 Å². The molecule has 1 aliphatic heterocycles. The molecule has 0 aromatic carbocycles. The van der Waals surface area contributed by atoms with Crippen LogP contribution in [0.25, 0.3) is 11.2 Å². The van der Waals surface area contributed by atoms with Gasteiger partial charge in [0, 0.05) is 25.3 Å². The van der Waals surface area contributed by atoms with Crippen LogP contribution in [0.3, 0.4) is 0 Å². The van der Waals surface area contributed by atoms with Gasteiger partial charge in [-0.25, -0.2) is 9.97 Å². The van der Waals surface area contributed by atoms with Crippen LogP contribution < -0.4 is 0 Å². The van der Waals surface area contributed by atoms with Crippen molar-refractivity contribution in [3.8, 4) is 0 Å². The van der Waals surface area contributed by atoms with E-state index in [1.165, 1.54) is 6.42 Å². The molecule has 3 rings (SSSR count). The molecule has 2 aromatic heterocycles. The predicted molar refractivity (Wildman–Crippen MR) is 75.3 cm³/mol. The maximum absolute atomic E-state index is 6.26. The van der Waals surface area contributed by atoms with Gasteiger partial charge in [0.15, 0.2) is 5.65 Å². The van der Waals surface area contributed by atoms with Crippen LogP contribution in [0.2, 0.25) is 0 Å². The molecule has 1 fully saturated rings. The first-order valence-electron chi connectivity index (χ1n) is 6.78. The molecule has 1 saturated heterocycles. The van der Waals surface area contributed by atoms with Crippen LogP contribution in [0.5, 0.6) is 0 Å². The minimum Gasteiger partial charge on any atom is -0.381 e. The van der Waals surface area contributed by atoms with E-state index in [0.717, 1.165) is 43.2 Å². The van der Waals surface area contributed by atoms with Gasteiger partial charge >= 0.3 is 0 Å². The molecule has 0 radical (unpaired) electrons. The highest BCUT2D eigenvalue weighted by atomic mass is 35.5. The maximum atomic E-state index is 6.26. The lowest BCUT2D eigenvalue weighted by molar-refractivity contribution is 0.0484. The number of hydrogen-bond donors (Lipinski definition) is 0. The Hall–Kier alpha value is -1.13. The van der Waals surface area contributed by atoms with E-state index in [2.05, 4.69) is 14.5 Å². The van der Waals surface area contributed by atoms with Gasteiger partial charge in [-0.15, -0.1) is 11.6 Å². The summed E-state index contributed by atoms with van der Waals surface area (Å²) in [6.07, 6.45) is 4.14. The summed E-state index contributed by atoms with van der Waals surface area (Å²) in [5.41, 5.74) is 1.84.